The molecule has 0 fully saturated rings. The topological polar surface area (TPSA) is 74.0 Å². The van der Waals surface area contributed by atoms with E-state index in [1.807, 2.05) is 50.2 Å². The molecular weight excluding hydrogens is 356 g/mol. The highest BCUT2D eigenvalue weighted by atomic mass is 16.5. The molecule has 28 heavy (non-hydrogen) atoms. The molecule has 0 heterocycles. The highest BCUT2D eigenvalue weighted by molar-refractivity contribution is 6.12. The second kappa shape index (κ2) is 9.17. The zero-order valence-corrected chi connectivity index (χ0v) is 17.3. The van der Waals surface area contributed by atoms with Crippen molar-refractivity contribution in [3.63, 3.8) is 0 Å². The molecule has 0 unspecified atom stereocenters. The Morgan fingerprint density at radius 3 is 2.11 bits per heavy atom. The number of ether oxygens (including phenoxy) is 3. The summed E-state index contributed by atoms with van der Waals surface area (Å²) < 4.78 is 16.1. The van der Waals surface area contributed by atoms with Crippen molar-refractivity contribution < 1.29 is 19.0 Å². The van der Waals surface area contributed by atoms with Crippen molar-refractivity contribution in [2.45, 2.75) is 13.3 Å². The number of methoxy groups -OCH3 is 3. The van der Waals surface area contributed by atoms with Crippen LogP contribution in [0.15, 0.2) is 35.9 Å². The molecule has 0 aliphatic carbocycles. The fourth-order valence-electron chi connectivity index (χ4n) is 2.97. The number of nitrogen functional groups attached to an aromatic ring is 1. The van der Waals surface area contributed by atoms with Gasteiger partial charge >= 0.3 is 0 Å². The van der Waals surface area contributed by atoms with Crippen molar-refractivity contribution in [2.75, 3.05) is 46.1 Å². The van der Waals surface area contributed by atoms with Gasteiger partial charge in [0.05, 0.1) is 32.7 Å². The van der Waals surface area contributed by atoms with Crippen LogP contribution in [0.3, 0.4) is 0 Å². The Hall–Kier alpha value is -3.15. The van der Waals surface area contributed by atoms with Gasteiger partial charge in [-0.15, -0.1) is 0 Å². The number of carbonyl (C=O) groups is 1. The number of benzene rings is 2. The van der Waals surface area contributed by atoms with Crippen molar-refractivity contribution in [3.05, 3.63) is 47.0 Å². The predicted molar refractivity (Wildman–Crippen MR) is 114 cm³/mol. The molecule has 2 aromatic carbocycles. The van der Waals surface area contributed by atoms with E-state index in [0.717, 1.165) is 11.3 Å². The Morgan fingerprint density at radius 2 is 1.64 bits per heavy atom. The van der Waals surface area contributed by atoms with Gasteiger partial charge in [0.15, 0.2) is 17.3 Å². The molecule has 6 nitrogen and oxygen atoms in total. The minimum atomic E-state index is -0.0423. The average Bonchev–Trinajstić information content (AvgIpc) is 2.70. The maximum atomic E-state index is 13.1. The van der Waals surface area contributed by atoms with Crippen molar-refractivity contribution in [1.82, 2.24) is 0 Å². The normalized spacial score (nSPS) is 11.1. The molecule has 0 spiro atoms. The average molecular weight is 384 g/mol. The van der Waals surface area contributed by atoms with Gasteiger partial charge in [-0.2, -0.15) is 0 Å². The molecule has 0 amide bonds. The van der Waals surface area contributed by atoms with Gasteiger partial charge in [0, 0.05) is 25.2 Å². The standard InChI is InChI=1S/C22H28N2O4/c1-7-15(21(25)16-8-9-17(23)18(13-16)24(2)3)10-14-11-19(26-4)22(28-6)20(12-14)27-5/h8-13H,7,23H2,1-6H3/b15-10+. The van der Waals surface area contributed by atoms with E-state index in [4.69, 9.17) is 19.9 Å². The first-order valence-electron chi connectivity index (χ1n) is 8.98. The first-order chi connectivity index (χ1) is 13.4. The number of nitrogens with zero attached hydrogens (tertiary/aromatic N) is 1. The van der Waals surface area contributed by atoms with E-state index in [0.29, 0.717) is 40.5 Å². The zero-order chi connectivity index (χ0) is 20.8. The molecule has 0 atom stereocenters. The lowest BCUT2D eigenvalue weighted by atomic mass is 9.98. The van der Waals surface area contributed by atoms with Crippen LogP contribution in [0, 0.1) is 0 Å². The lowest BCUT2D eigenvalue weighted by Gasteiger charge is -2.16. The summed E-state index contributed by atoms with van der Waals surface area (Å²) in [6, 6.07) is 8.96. The smallest absolute Gasteiger partial charge is 0.203 e. The number of allylic oxidation sites excluding steroid dienone is 1. The number of hydrogen-bond donors (Lipinski definition) is 1. The first kappa shape index (κ1) is 21.2. The molecule has 0 saturated carbocycles. The van der Waals surface area contributed by atoms with Gasteiger partial charge in [-0.05, 0) is 48.4 Å². The monoisotopic (exact) mass is 384 g/mol. The molecule has 0 saturated heterocycles. The highest BCUT2D eigenvalue weighted by Gasteiger charge is 2.16. The second-order valence-corrected chi connectivity index (χ2v) is 6.48. The van der Waals surface area contributed by atoms with Crippen LogP contribution >= 0.6 is 0 Å². The molecule has 2 rings (SSSR count). The Bertz CT molecular complexity index is 863. The molecule has 6 heteroatoms. The van der Waals surface area contributed by atoms with Gasteiger partial charge in [-0.1, -0.05) is 6.92 Å². The third-order valence-electron chi connectivity index (χ3n) is 4.47. The van der Waals surface area contributed by atoms with Gasteiger partial charge in [0.25, 0.3) is 0 Å². The van der Waals surface area contributed by atoms with E-state index in [-0.39, 0.29) is 5.78 Å². The van der Waals surface area contributed by atoms with E-state index in [9.17, 15) is 4.79 Å². The van der Waals surface area contributed by atoms with E-state index in [1.165, 1.54) is 0 Å². The van der Waals surface area contributed by atoms with E-state index in [1.54, 1.807) is 33.5 Å². The fourth-order valence-corrected chi connectivity index (χ4v) is 2.97. The van der Waals surface area contributed by atoms with Gasteiger partial charge in [-0.25, -0.2) is 0 Å². The maximum absolute atomic E-state index is 13.1. The quantitative estimate of drug-likeness (QED) is 0.421. The summed E-state index contributed by atoms with van der Waals surface area (Å²) in [5, 5.41) is 0. The summed E-state index contributed by atoms with van der Waals surface area (Å²) >= 11 is 0. The maximum Gasteiger partial charge on any atom is 0.203 e. The minimum absolute atomic E-state index is 0.0423. The van der Waals surface area contributed by atoms with E-state index >= 15 is 0 Å². The molecule has 150 valence electrons. The third kappa shape index (κ3) is 4.39. The molecule has 0 aliphatic heterocycles. The van der Waals surface area contributed by atoms with Crippen LogP contribution in [-0.2, 0) is 0 Å². The van der Waals surface area contributed by atoms with Crippen molar-refractivity contribution in [2.24, 2.45) is 0 Å². The lowest BCUT2D eigenvalue weighted by molar-refractivity contribution is 0.103. The summed E-state index contributed by atoms with van der Waals surface area (Å²) in [5.41, 5.74) is 9.51. The lowest BCUT2D eigenvalue weighted by Crippen LogP contribution is -2.13. The van der Waals surface area contributed by atoms with Crippen LogP contribution in [0.4, 0.5) is 11.4 Å². The number of ketones is 1. The SMILES string of the molecule is CC/C(=C\c1cc(OC)c(OC)c(OC)c1)C(=O)c1ccc(N)c(N(C)C)c1. The van der Waals surface area contributed by atoms with Gasteiger partial charge < -0.3 is 24.8 Å². The van der Waals surface area contributed by atoms with Crippen LogP contribution < -0.4 is 24.8 Å². The zero-order valence-electron chi connectivity index (χ0n) is 17.3. The fraction of sp³-hybridized carbons (Fsp3) is 0.318. The van der Waals surface area contributed by atoms with Crippen LogP contribution in [0.2, 0.25) is 0 Å². The Balaban J connectivity index is 2.49. The van der Waals surface area contributed by atoms with Crippen molar-refractivity contribution >= 4 is 23.2 Å². The minimum Gasteiger partial charge on any atom is -0.493 e. The van der Waals surface area contributed by atoms with Crippen LogP contribution in [0.25, 0.3) is 6.08 Å². The summed E-state index contributed by atoms with van der Waals surface area (Å²) in [5.74, 6) is 1.55. The number of rotatable bonds is 8. The number of hydrogen-bond acceptors (Lipinski definition) is 6. The Labute approximate surface area is 166 Å². The third-order valence-corrected chi connectivity index (χ3v) is 4.47. The molecule has 0 bridgehead atoms. The largest absolute Gasteiger partial charge is 0.493 e. The van der Waals surface area contributed by atoms with Gasteiger partial charge in [-0.3, -0.25) is 4.79 Å². The Kier molecular flexibility index (Phi) is 6.93. The van der Waals surface area contributed by atoms with Crippen molar-refractivity contribution in [3.8, 4) is 17.2 Å². The predicted octanol–water partition coefficient (Wildman–Crippen LogP) is 4.04. The number of anilines is 2. The van der Waals surface area contributed by atoms with Gasteiger partial charge in [0.2, 0.25) is 5.75 Å². The van der Waals surface area contributed by atoms with Crippen LogP contribution in [0.5, 0.6) is 17.2 Å². The molecule has 2 N–H and O–H groups in total. The summed E-state index contributed by atoms with van der Waals surface area (Å²) in [7, 11) is 8.47. The first-order valence-corrected chi connectivity index (χ1v) is 8.98. The van der Waals surface area contributed by atoms with Crippen LogP contribution in [0.1, 0.15) is 29.3 Å². The molecule has 0 aliphatic rings. The molecular formula is C22H28N2O4. The Morgan fingerprint density at radius 1 is 1.04 bits per heavy atom. The number of carbonyl (C=O) groups excluding carboxylic acids is 1. The molecule has 0 radical (unpaired) electrons. The second-order valence-electron chi connectivity index (χ2n) is 6.48. The van der Waals surface area contributed by atoms with E-state index < -0.39 is 0 Å². The summed E-state index contributed by atoms with van der Waals surface area (Å²) in [6.45, 7) is 1.95. The summed E-state index contributed by atoms with van der Waals surface area (Å²) in [6.07, 6.45) is 2.43. The number of nitrogens with two attached hydrogens (primary N) is 1. The van der Waals surface area contributed by atoms with Gasteiger partial charge in [0.1, 0.15) is 0 Å². The molecule has 2 aromatic rings. The van der Waals surface area contributed by atoms with Crippen LogP contribution in [-0.4, -0.2) is 41.2 Å². The number of Topliss-reactive ketones (excluding diaryl/α,β-unsaturated/α-hetero) is 1. The summed E-state index contributed by atoms with van der Waals surface area (Å²) in [4.78, 5) is 15.0. The highest BCUT2D eigenvalue weighted by Crippen LogP contribution is 2.39. The van der Waals surface area contributed by atoms with Crippen molar-refractivity contribution in [1.29, 1.82) is 0 Å². The van der Waals surface area contributed by atoms with E-state index in [2.05, 4.69) is 0 Å². The molecule has 0 aromatic heterocycles.